The molecule has 3 aliphatic rings. The van der Waals surface area contributed by atoms with Crippen LogP contribution < -0.4 is 5.32 Å². The summed E-state index contributed by atoms with van der Waals surface area (Å²) in [5.41, 5.74) is 0.274. The van der Waals surface area contributed by atoms with E-state index in [1.54, 1.807) is 50.2 Å². The quantitative estimate of drug-likeness (QED) is 0.130. The molecule has 0 radical (unpaired) electrons. The van der Waals surface area contributed by atoms with Gasteiger partial charge in [0, 0.05) is 7.11 Å². The molecule has 3 aliphatic heterocycles. The van der Waals surface area contributed by atoms with Crippen molar-refractivity contribution in [1.82, 2.24) is 5.32 Å². The van der Waals surface area contributed by atoms with Crippen LogP contribution in [0.5, 0.6) is 0 Å². The van der Waals surface area contributed by atoms with Crippen molar-refractivity contribution in [3.63, 3.8) is 0 Å². The first kappa shape index (κ1) is 46.2. The van der Waals surface area contributed by atoms with E-state index in [4.69, 9.17) is 81.9 Å². The van der Waals surface area contributed by atoms with Crippen LogP contribution in [-0.2, 0) is 56.6 Å². The lowest BCUT2D eigenvalue weighted by Crippen LogP contribution is -2.73. The molecule has 0 bridgehead atoms. The van der Waals surface area contributed by atoms with Crippen LogP contribution in [0.15, 0.2) is 60.7 Å². The highest BCUT2D eigenvalue weighted by Crippen LogP contribution is 2.43. The Labute approximate surface area is 353 Å². The van der Waals surface area contributed by atoms with Crippen LogP contribution in [0.4, 0.5) is 0 Å². The SMILES string of the molecule is COC(=O)[C@H]1O[C@@H](OC)[C@H](OC(=O)c2ccccc2)[C@@H](OC(=O)c2ccccc2)[C@@H]1O[C@@H]1O[C@@H]2COC(C)(C)O[C@H]2[C@H](O[Si](C)(C)C(C)(C)C)[C@H]1NC(=O)C(Cl)(Cl)Cl. The molecular formula is C39H50Cl3NO14Si. The Balaban J connectivity index is 1.65. The zero-order chi connectivity index (χ0) is 42.8. The second-order valence-corrected chi connectivity index (χ2v) is 23.0. The molecule has 3 saturated heterocycles. The third-order valence-electron chi connectivity index (χ3n) is 10.4. The summed E-state index contributed by atoms with van der Waals surface area (Å²) in [6.07, 6.45) is -12.5. The molecule has 3 heterocycles. The number of hydrogen-bond acceptors (Lipinski definition) is 14. The van der Waals surface area contributed by atoms with Crippen molar-refractivity contribution in [2.45, 2.75) is 124 Å². The highest BCUT2D eigenvalue weighted by Gasteiger charge is 2.60. The van der Waals surface area contributed by atoms with Crippen molar-refractivity contribution in [1.29, 1.82) is 0 Å². The summed E-state index contributed by atoms with van der Waals surface area (Å²) in [5, 5.41) is 2.37. The fraction of sp³-hybridized carbons (Fsp3) is 0.590. The lowest BCUT2D eigenvalue weighted by Gasteiger charge is -2.54. The standard InChI is InChI=1S/C39H50Cl3NO14Si/c1-37(2,3)58(8,9)57-26-24(43-36(47)39(40,41)42)34(51-23-20-50-38(4,5)56-25(23)26)54-27-28(52-31(44)21-16-12-10-13-17-21)30(35(49-7)55-29(27)33(46)48-6)53-32(45)22-18-14-11-15-19-22/h10-19,23-30,34-35H,20H2,1-9H3,(H,43,47)/t23-,24-,25-,26-,27+,28+,29+,30-,34+,35-/m1/s1. The van der Waals surface area contributed by atoms with Crippen LogP contribution in [0.25, 0.3) is 0 Å². The molecule has 0 unspecified atom stereocenters. The maximum Gasteiger partial charge on any atom is 0.338 e. The van der Waals surface area contributed by atoms with Gasteiger partial charge in [0.2, 0.25) is 0 Å². The number of carbonyl (C=O) groups excluding carboxylic acids is 4. The van der Waals surface area contributed by atoms with Crippen LogP contribution in [-0.4, -0.2) is 124 Å². The molecule has 0 aliphatic carbocycles. The van der Waals surface area contributed by atoms with Crippen molar-refractivity contribution >= 4 is 66.9 Å². The fourth-order valence-electron chi connectivity index (χ4n) is 6.39. The van der Waals surface area contributed by atoms with E-state index in [0.29, 0.717) is 0 Å². The van der Waals surface area contributed by atoms with Crippen molar-refractivity contribution in [2.75, 3.05) is 20.8 Å². The van der Waals surface area contributed by atoms with Crippen molar-refractivity contribution in [3.8, 4) is 0 Å². The third-order valence-corrected chi connectivity index (χ3v) is 15.4. The number of ether oxygens (including phenoxy) is 9. The number of benzene rings is 2. The van der Waals surface area contributed by atoms with Gasteiger partial charge in [0.25, 0.3) is 9.70 Å². The minimum atomic E-state index is -2.75. The Morgan fingerprint density at radius 1 is 0.793 bits per heavy atom. The van der Waals surface area contributed by atoms with Crippen LogP contribution in [0.1, 0.15) is 55.3 Å². The summed E-state index contributed by atoms with van der Waals surface area (Å²) in [7, 11) is -0.381. The monoisotopic (exact) mass is 889 g/mol. The number of nitrogens with one attached hydrogen (secondary N) is 1. The van der Waals surface area contributed by atoms with Gasteiger partial charge in [-0.05, 0) is 56.2 Å². The van der Waals surface area contributed by atoms with Gasteiger partial charge >= 0.3 is 17.9 Å². The number of methoxy groups -OCH3 is 2. The van der Waals surface area contributed by atoms with E-state index in [-0.39, 0.29) is 22.8 Å². The zero-order valence-corrected chi connectivity index (χ0v) is 36.9. The maximum absolute atomic E-state index is 13.9. The topological polar surface area (TPSA) is 173 Å². The normalized spacial score (nSPS) is 30.0. The zero-order valence-electron chi connectivity index (χ0n) is 33.6. The molecule has 1 N–H and O–H groups in total. The summed E-state index contributed by atoms with van der Waals surface area (Å²) < 4.78 is 59.0. The minimum Gasteiger partial charge on any atom is -0.467 e. The van der Waals surface area contributed by atoms with E-state index in [1.165, 1.54) is 31.4 Å². The highest BCUT2D eigenvalue weighted by molar-refractivity contribution is 6.76. The molecule has 320 valence electrons. The van der Waals surface area contributed by atoms with Gasteiger partial charge in [-0.15, -0.1) is 0 Å². The van der Waals surface area contributed by atoms with Crippen LogP contribution in [0.2, 0.25) is 18.1 Å². The molecule has 1 amide bonds. The lowest BCUT2D eigenvalue weighted by atomic mass is 9.94. The van der Waals surface area contributed by atoms with E-state index in [9.17, 15) is 19.2 Å². The van der Waals surface area contributed by atoms with Gasteiger partial charge in [-0.1, -0.05) is 92.0 Å². The molecule has 0 aromatic heterocycles. The summed E-state index contributed by atoms with van der Waals surface area (Å²) in [6.45, 7) is 13.5. The number of amides is 1. The first-order valence-corrected chi connectivity index (χ1v) is 22.6. The smallest absolute Gasteiger partial charge is 0.338 e. The molecule has 2 aromatic rings. The summed E-state index contributed by atoms with van der Waals surface area (Å²) in [4.78, 5) is 54.7. The number of alkyl halides is 3. The Bertz CT molecular complexity index is 1760. The number of fused-ring (bicyclic) bond motifs is 1. The fourth-order valence-corrected chi connectivity index (χ4v) is 7.86. The maximum atomic E-state index is 13.9. The van der Waals surface area contributed by atoms with Gasteiger partial charge in [-0.2, -0.15) is 0 Å². The number of rotatable bonds is 11. The predicted octanol–water partition coefficient (Wildman–Crippen LogP) is 5.49. The molecular weight excluding hydrogens is 841 g/mol. The van der Waals surface area contributed by atoms with E-state index in [0.717, 1.165) is 7.11 Å². The van der Waals surface area contributed by atoms with Gasteiger partial charge in [-0.3, -0.25) is 4.79 Å². The van der Waals surface area contributed by atoms with Gasteiger partial charge in [-0.25, -0.2) is 14.4 Å². The van der Waals surface area contributed by atoms with Crippen LogP contribution in [0.3, 0.4) is 0 Å². The molecule has 58 heavy (non-hydrogen) atoms. The predicted molar refractivity (Wildman–Crippen MR) is 212 cm³/mol. The van der Waals surface area contributed by atoms with E-state index < -0.39 is 103 Å². The molecule has 10 atom stereocenters. The van der Waals surface area contributed by atoms with E-state index in [1.807, 2.05) is 33.9 Å². The molecule has 0 spiro atoms. The summed E-state index contributed by atoms with van der Waals surface area (Å²) in [6, 6.07) is 14.7. The summed E-state index contributed by atoms with van der Waals surface area (Å²) in [5.74, 6) is -4.85. The highest BCUT2D eigenvalue weighted by atomic mass is 35.6. The lowest BCUT2D eigenvalue weighted by molar-refractivity contribution is -0.381. The molecule has 3 fully saturated rings. The second-order valence-electron chi connectivity index (χ2n) is 15.9. The average Bonchev–Trinajstić information content (AvgIpc) is 3.16. The molecule has 2 aromatic carbocycles. The Morgan fingerprint density at radius 3 is 1.84 bits per heavy atom. The average molecular weight is 891 g/mol. The largest absolute Gasteiger partial charge is 0.467 e. The van der Waals surface area contributed by atoms with Crippen molar-refractivity contribution in [2.24, 2.45) is 0 Å². The molecule has 0 saturated carbocycles. The van der Waals surface area contributed by atoms with E-state index in [2.05, 4.69) is 5.32 Å². The van der Waals surface area contributed by atoms with Crippen LogP contribution >= 0.6 is 34.8 Å². The number of halogens is 3. The van der Waals surface area contributed by atoms with E-state index >= 15 is 0 Å². The molecule has 19 heteroatoms. The first-order chi connectivity index (χ1) is 27.1. The number of hydrogen-bond donors (Lipinski definition) is 1. The Hall–Kier alpha value is -2.87. The summed E-state index contributed by atoms with van der Waals surface area (Å²) >= 11 is 18.3. The van der Waals surface area contributed by atoms with Gasteiger partial charge in [0.1, 0.15) is 24.4 Å². The van der Waals surface area contributed by atoms with Gasteiger partial charge < -0.3 is 52.4 Å². The number of carbonyl (C=O) groups is 4. The third kappa shape index (κ3) is 10.7. The first-order valence-electron chi connectivity index (χ1n) is 18.5. The van der Waals surface area contributed by atoms with Crippen LogP contribution in [0, 0.1) is 0 Å². The number of esters is 3. The van der Waals surface area contributed by atoms with Gasteiger partial charge in [0.05, 0.1) is 30.9 Å². The van der Waals surface area contributed by atoms with Crippen molar-refractivity contribution in [3.05, 3.63) is 71.8 Å². The Morgan fingerprint density at radius 2 is 1.34 bits per heavy atom. The molecule has 15 nitrogen and oxygen atoms in total. The second kappa shape index (κ2) is 18.4. The minimum absolute atomic E-state index is 0.0168. The van der Waals surface area contributed by atoms with Gasteiger partial charge in [0.15, 0.2) is 45.0 Å². The Kier molecular flexibility index (Phi) is 14.7. The van der Waals surface area contributed by atoms with Crippen molar-refractivity contribution < 1.29 is 66.2 Å². The molecule has 5 rings (SSSR count).